The quantitative estimate of drug-likeness (QED) is 0.546. The second-order valence-corrected chi connectivity index (χ2v) is 4.74. The standard InChI is InChI=1S/C10H16O4S/c1-7(2)9(11)14-10(3)6-15-8(12-4)5-13-10/h8H,1,5-6H2,2-4H3. The second-order valence-electron chi connectivity index (χ2n) is 3.59. The third-order valence-corrected chi connectivity index (χ3v) is 3.37. The van der Waals surface area contributed by atoms with Crippen LogP contribution in [0.15, 0.2) is 12.2 Å². The first-order valence-corrected chi connectivity index (χ1v) is 5.69. The van der Waals surface area contributed by atoms with Crippen LogP contribution in [-0.4, -0.2) is 36.7 Å². The Morgan fingerprint density at radius 3 is 2.73 bits per heavy atom. The number of hydrogen-bond acceptors (Lipinski definition) is 5. The highest BCUT2D eigenvalue weighted by Crippen LogP contribution is 2.29. The lowest BCUT2D eigenvalue weighted by Crippen LogP contribution is -2.44. The highest BCUT2D eigenvalue weighted by atomic mass is 32.2. The zero-order valence-corrected chi connectivity index (χ0v) is 10.1. The smallest absolute Gasteiger partial charge is 0.335 e. The number of esters is 1. The van der Waals surface area contributed by atoms with E-state index in [9.17, 15) is 4.79 Å². The summed E-state index contributed by atoms with van der Waals surface area (Å²) < 4.78 is 15.8. The molecule has 1 aliphatic rings. The molecule has 0 N–H and O–H groups in total. The van der Waals surface area contributed by atoms with Gasteiger partial charge in [-0.25, -0.2) is 4.79 Å². The highest BCUT2D eigenvalue weighted by Gasteiger charge is 2.36. The molecule has 0 saturated carbocycles. The van der Waals surface area contributed by atoms with Crippen LogP contribution in [0.1, 0.15) is 13.8 Å². The van der Waals surface area contributed by atoms with Gasteiger partial charge >= 0.3 is 5.97 Å². The van der Waals surface area contributed by atoms with Gasteiger partial charge < -0.3 is 14.2 Å². The molecule has 0 aromatic rings. The summed E-state index contributed by atoms with van der Waals surface area (Å²) in [4.78, 5) is 11.3. The molecule has 0 aromatic carbocycles. The van der Waals surface area contributed by atoms with Gasteiger partial charge in [0.15, 0.2) is 0 Å². The van der Waals surface area contributed by atoms with Crippen molar-refractivity contribution in [3.05, 3.63) is 12.2 Å². The molecule has 1 heterocycles. The van der Waals surface area contributed by atoms with Crippen LogP contribution < -0.4 is 0 Å². The Hall–Kier alpha value is -0.520. The number of carbonyl (C=O) groups is 1. The minimum absolute atomic E-state index is 0.0154. The summed E-state index contributed by atoms with van der Waals surface area (Å²) in [6.45, 7) is 7.29. The van der Waals surface area contributed by atoms with E-state index in [1.54, 1.807) is 32.7 Å². The van der Waals surface area contributed by atoms with Crippen LogP contribution in [0, 0.1) is 0 Å². The molecule has 1 rings (SSSR count). The third-order valence-electron chi connectivity index (χ3n) is 1.98. The lowest BCUT2D eigenvalue weighted by molar-refractivity contribution is -0.218. The maximum Gasteiger partial charge on any atom is 0.335 e. The predicted octanol–water partition coefficient (Wildman–Crippen LogP) is 1.56. The van der Waals surface area contributed by atoms with Gasteiger partial charge in [0.1, 0.15) is 5.44 Å². The maximum atomic E-state index is 11.3. The van der Waals surface area contributed by atoms with Crippen LogP contribution in [0.5, 0.6) is 0 Å². The lowest BCUT2D eigenvalue weighted by Gasteiger charge is -2.35. The largest absolute Gasteiger partial charge is 0.429 e. The summed E-state index contributed by atoms with van der Waals surface area (Å²) >= 11 is 1.57. The Labute approximate surface area is 94.0 Å². The molecule has 1 saturated heterocycles. The fraction of sp³-hybridized carbons (Fsp3) is 0.700. The molecule has 0 spiro atoms. The average Bonchev–Trinajstić information content (AvgIpc) is 2.18. The van der Waals surface area contributed by atoms with Gasteiger partial charge in [-0.3, -0.25) is 0 Å². The molecule has 0 aromatic heterocycles. The first kappa shape index (κ1) is 12.5. The fourth-order valence-electron chi connectivity index (χ4n) is 1.06. The molecule has 0 bridgehead atoms. The van der Waals surface area contributed by atoms with Gasteiger partial charge in [-0.2, -0.15) is 0 Å². The first-order valence-electron chi connectivity index (χ1n) is 4.64. The van der Waals surface area contributed by atoms with Crippen LogP contribution in [-0.2, 0) is 19.0 Å². The molecule has 5 heteroatoms. The fourth-order valence-corrected chi connectivity index (χ4v) is 1.99. The molecule has 0 radical (unpaired) electrons. The topological polar surface area (TPSA) is 44.8 Å². The van der Waals surface area contributed by atoms with Crippen molar-refractivity contribution in [2.24, 2.45) is 0 Å². The van der Waals surface area contributed by atoms with Crippen molar-refractivity contribution < 1.29 is 19.0 Å². The van der Waals surface area contributed by atoms with Gasteiger partial charge in [0, 0.05) is 19.6 Å². The molecule has 1 fully saturated rings. The van der Waals surface area contributed by atoms with E-state index < -0.39 is 11.8 Å². The number of ether oxygens (including phenoxy) is 3. The van der Waals surface area contributed by atoms with Gasteiger partial charge in [-0.15, -0.1) is 11.8 Å². The Kier molecular flexibility index (Phi) is 4.19. The van der Waals surface area contributed by atoms with Gasteiger partial charge in [0.25, 0.3) is 0 Å². The average molecular weight is 232 g/mol. The first-order chi connectivity index (χ1) is 6.97. The summed E-state index contributed by atoms with van der Waals surface area (Å²) in [5.41, 5.74) is 0.389. The summed E-state index contributed by atoms with van der Waals surface area (Å²) in [6.07, 6.45) is 0. The minimum Gasteiger partial charge on any atom is -0.429 e. The zero-order chi connectivity index (χ0) is 11.5. The van der Waals surface area contributed by atoms with E-state index in [1.165, 1.54) is 0 Å². The van der Waals surface area contributed by atoms with E-state index in [2.05, 4.69) is 6.58 Å². The SMILES string of the molecule is C=C(C)C(=O)OC1(C)CSC(OC)CO1. The Balaban J connectivity index is 2.48. The molecule has 2 atom stereocenters. The van der Waals surface area contributed by atoms with Gasteiger partial charge in [-0.1, -0.05) is 6.58 Å². The van der Waals surface area contributed by atoms with Crippen LogP contribution in [0.3, 0.4) is 0 Å². The van der Waals surface area contributed by atoms with Crippen LogP contribution in [0.4, 0.5) is 0 Å². The molecule has 15 heavy (non-hydrogen) atoms. The Bertz CT molecular complexity index is 256. The molecule has 0 aliphatic carbocycles. The number of carbonyl (C=O) groups excluding carboxylic acids is 1. The van der Waals surface area contributed by atoms with Crippen LogP contribution in [0.25, 0.3) is 0 Å². The van der Waals surface area contributed by atoms with E-state index in [0.29, 0.717) is 17.9 Å². The van der Waals surface area contributed by atoms with Crippen molar-refractivity contribution in [3.8, 4) is 0 Å². The molecule has 2 unspecified atom stereocenters. The van der Waals surface area contributed by atoms with Gasteiger partial charge in [0.05, 0.1) is 12.4 Å². The van der Waals surface area contributed by atoms with E-state index in [1.807, 2.05) is 0 Å². The maximum absolute atomic E-state index is 11.3. The van der Waals surface area contributed by atoms with Crippen molar-refractivity contribution in [2.45, 2.75) is 25.1 Å². The van der Waals surface area contributed by atoms with Gasteiger partial charge in [0.2, 0.25) is 5.79 Å². The molecule has 1 aliphatic heterocycles. The Morgan fingerprint density at radius 2 is 2.33 bits per heavy atom. The highest BCUT2D eigenvalue weighted by molar-refractivity contribution is 7.99. The monoisotopic (exact) mass is 232 g/mol. The third kappa shape index (κ3) is 3.52. The van der Waals surface area contributed by atoms with E-state index in [4.69, 9.17) is 14.2 Å². The molecule has 86 valence electrons. The number of rotatable bonds is 3. The molecule has 0 amide bonds. The predicted molar refractivity (Wildman–Crippen MR) is 58.5 cm³/mol. The summed E-state index contributed by atoms with van der Waals surface area (Å²) in [5, 5.41) is 0. The summed E-state index contributed by atoms with van der Waals surface area (Å²) in [5.74, 6) is -0.728. The van der Waals surface area contributed by atoms with E-state index in [-0.39, 0.29) is 5.44 Å². The molecule has 4 nitrogen and oxygen atoms in total. The van der Waals surface area contributed by atoms with Crippen molar-refractivity contribution >= 4 is 17.7 Å². The van der Waals surface area contributed by atoms with E-state index >= 15 is 0 Å². The zero-order valence-electron chi connectivity index (χ0n) is 9.24. The van der Waals surface area contributed by atoms with Gasteiger partial charge in [-0.05, 0) is 6.92 Å². The minimum atomic E-state index is -0.865. The second kappa shape index (κ2) is 5.01. The number of hydrogen-bond donors (Lipinski definition) is 0. The summed E-state index contributed by atoms with van der Waals surface area (Å²) in [6, 6.07) is 0. The van der Waals surface area contributed by atoms with E-state index in [0.717, 1.165) is 0 Å². The number of thioether (sulfide) groups is 1. The van der Waals surface area contributed by atoms with Crippen molar-refractivity contribution in [1.82, 2.24) is 0 Å². The molecular formula is C10H16O4S. The summed E-state index contributed by atoms with van der Waals surface area (Å²) in [7, 11) is 1.63. The van der Waals surface area contributed by atoms with Crippen molar-refractivity contribution in [2.75, 3.05) is 19.5 Å². The van der Waals surface area contributed by atoms with Crippen LogP contribution in [0.2, 0.25) is 0 Å². The lowest BCUT2D eigenvalue weighted by atomic mass is 10.3. The van der Waals surface area contributed by atoms with Crippen LogP contribution >= 0.6 is 11.8 Å². The van der Waals surface area contributed by atoms with Crippen molar-refractivity contribution in [3.63, 3.8) is 0 Å². The number of methoxy groups -OCH3 is 1. The molecular weight excluding hydrogens is 216 g/mol. The Morgan fingerprint density at radius 1 is 1.67 bits per heavy atom. The normalized spacial score (nSPS) is 31.0. The van der Waals surface area contributed by atoms with Crippen molar-refractivity contribution in [1.29, 1.82) is 0 Å².